The smallest absolute Gasteiger partial charge is 0.275 e. The van der Waals surface area contributed by atoms with Crippen LogP contribution in [0.1, 0.15) is 31.4 Å². The average molecular weight is 312 g/mol. The molecule has 0 aromatic carbocycles. The molecule has 0 spiro atoms. The van der Waals surface area contributed by atoms with Crippen LogP contribution in [0.15, 0.2) is 21.6 Å². The third kappa shape index (κ3) is 3.49. The van der Waals surface area contributed by atoms with Crippen LogP contribution < -0.4 is 5.32 Å². The summed E-state index contributed by atoms with van der Waals surface area (Å²) in [6.45, 7) is 1.62. The van der Waals surface area contributed by atoms with E-state index >= 15 is 0 Å². The molecule has 1 aromatic heterocycles. The number of rotatable bonds is 8. The van der Waals surface area contributed by atoms with Gasteiger partial charge in [0.2, 0.25) is 5.09 Å². The van der Waals surface area contributed by atoms with Crippen molar-refractivity contribution in [3.8, 4) is 0 Å². The van der Waals surface area contributed by atoms with Crippen molar-refractivity contribution in [3.05, 3.63) is 17.9 Å². The second-order valence-corrected chi connectivity index (χ2v) is 8.56. The second kappa shape index (κ2) is 5.74. The van der Waals surface area contributed by atoms with Gasteiger partial charge in [-0.1, -0.05) is 0 Å². The van der Waals surface area contributed by atoms with Crippen molar-refractivity contribution in [3.63, 3.8) is 0 Å². The molecule has 21 heavy (non-hydrogen) atoms. The number of furan rings is 1. The van der Waals surface area contributed by atoms with Gasteiger partial charge in [-0.25, -0.2) is 12.7 Å². The lowest BCUT2D eigenvalue weighted by Crippen LogP contribution is -2.25. The minimum Gasteiger partial charge on any atom is -0.447 e. The summed E-state index contributed by atoms with van der Waals surface area (Å²) in [5.41, 5.74) is 0. The zero-order valence-electron chi connectivity index (χ0n) is 12.7. The summed E-state index contributed by atoms with van der Waals surface area (Å²) >= 11 is 0. The van der Waals surface area contributed by atoms with E-state index in [9.17, 15) is 8.42 Å². The van der Waals surface area contributed by atoms with Gasteiger partial charge in [-0.05, 0) is 62.1 Å². The third-order valence-electron chi connectivity index (χ3n) is 4.51. The van der Waals surface area contributed by atoms with E-state index in [0.29, 0.717) is 12.3 Å². The Morgan fingerprint density at radius 2 is 1.86 bits per heavy atom. The Morgan fingerprint density at radius 1 is 1.24 bits per heavy atom. The molecule has 1 N–H and O–H groups in total. The Balaban J connectivity index is 1.53. The van der Waals surface area contributed by atoms with Crippen LogP contribution in [0.5, 0.6) is 0 Å². The minimum absolute atomic E-state index is 0.0187. The normalized spacial score (nSPS) is 19.6. The van der Waals surface area contributed by atoms with Gasteiger partial charge < -0.3 is 9.73 Å². The van der Waals surface area contributed by atoms with Gasteiger partial charge in [-0.2, -0.15) is 0 Å². The maximum Gasteiger partial charge on any atom is 0.275 e. The highest BCUT2D eigenvalue weighted by Crippen LogP contribution is 2.48. The van der Waals surface area contributed by atoms with Crippen molar-refractivity contribution in [2.24, 2.45) is 17.8 Å². The highest BCUT2D eigenvalue weighted by atomic mass is 32.2. The molecule has 0 unspecified atom stereocenters. The number of nitrogens with one attached hydrogen (secondary N) is 1. The highest BCUT2D eigenvalue weighted by Gasteiger charge is 2.40. The van der Waals surface area contributed by atoms with Crippen molar-refractivity contribution in [2.45, 2.75) is 37.3 Å². The SMILES string of the molecule is CN(C)S(=O)(=O)c1ccc(CNCC(C2CC2)C2CC2)o1. The van der Waals surface area contributed by atoms with Crippen molar-refractivity contribution in [1.29, 1.82) is 0 Å². The van der Waals surface area contributed by atoms with Gasteiger partial charge >= 0.3 is 0 Å². The predicted octanol–water partition coefficient (Wildman–Crippen LogP) is 2.06. The van der Waals surface area contributed by atoms with Crippen molar-refractivity contribution in [1.82, 2.24) is 9.62 Å². The van der Waals surface area contributed by atoms with E-state index in [0.717, 1.165) is 24.3 Å². The first-order valence-corrected chi connectivity index (χ1v) is 9.14. The Kier molecular flexibility index (Phi) is 4.12. The molecule has 1 aromatic rings. The fourth-order valence-corrected chi connectivity index (χ4v) is 3.71. The summed E-state index contributed by atoms with van der Waals surface area (Å²) in [5.74, 6) is 3.34. The number of hydrogen-bond donors (Lipinski definition) is 1. The van der Waals surface area contributed by atoms with Crippen LogP contribution in [-0.4, -0.2) is 33.4 Å². The lowest BCUT2D eigenvalue weighted by atomic mass is 9.98. The van der Waals surface area contributed by atoms with E-state index in [1.54, 1.807) is 6.07 Å². The maximum absolute atomic E-state index is 11.9. The standard InChI is InChI=1S/C15H24N2O3S/c1-17(2)21(18,19)15-8-7-13(20-15)9-16-10-14(11-3-4-11)12-5-6-12/h7-8,11-12,14,16H,3-6,9-10H2,1-2H3. The zero-order chi connectivity index (χ0) is 15.0. The average Bonchev–Trinajstić information content (AvgIpc) is 3.35. The lowest BCUT2D eigenvalue weighted by Gasteiger charge is -2.15. The molecule has 2 aliphatic carbocycles. The first-order chi connectivity index (χ1) is 9.98. The van der Waals surface area contributed by atoms with Gasteiger partial charge in [0, 0.05) is 14.1 Å². The topological polar surface area (TPSA) is 62.6 Å². The summed E-state index contributed by atoms with van der Waals surface area (Å²) in [6.07, 6.45) is 5.54. The van der Waals surface area contributed by atoms with Crippen molar-refractivity contribution >= 4 is 10.0 Å². The van der Waals surface area contributed by atoms with Gasteiger partial charge in [-0.3, -0.25) is 0 Å². The van der Waals surface area contributed by atoms with Crippen LogP contribution >= 0.6 is 0 Å². The van der Waals surface area contributed by atoms with Gasteiger partial charge in [0.25, 0.3) is 10.0 Å². The van der Waals surface area contributed by atoms with Gasteiger partial charge in [0.1, 0.15) is 5.76 Å². The molecule has 2 aliphatic rings. The Morgan fingerprint density at radius 3 is 2.38 bits per heavy atom. The quantitative estimate of drug-likeness (QED) is 0.798. The van der Waals surface area contributed by atoms with Crippen LogP contribution in [0.25, 0.3) is 0 Å². The van der Waals surface area contributed by atoms with E-state index in [-0.39, 0.29) is 5.09 Å². The van der Waals surface area contributed by atoms with Crippen LogP contribution in [0, 0.1) is 17.8 Å². The van der Waals surface area contributed by atoms with Crippen molar-refractivity contribution < 1.29 is 12.8 Å². The fourth-order valence-electron chi connectivity index (χ4n) is 2.90. The number of nitrogens with zero attached hydrogens (tertiary/aromatic N) is 1. The second-order valence-electron chi connectivity index (χ2n) is 6.48. The minimum atomic E-state index is -3.47. The molecule has 0 amide bonds. The van der Waals surface area contributed by atoms with Crippen LogP contribution in [-0.2, 0) is 16.6 Å². The van der Waals surface area contributed by atoms with Crippen LogP contribution in [0.3, 0.4) is 0 Å². The molecule has 6 heteroatoms. The van der Waals surface area contributed by atoms with Gasteiger partial charge in [0.05, 0.1) is 6.54 Å². The molecule has 0 atom stereocenters. The molecule has 0 saturated heterocycles. The highest BCUT2D eigenvalue weighted by molar-refractivity contribution is 7.88. The molecule has 118 valence electrons. The Hall–Kier alpha value is -0.850. The van der Waals surface area contributed by atoms with E-state index in [1.165, 1.54) is 50.2 Å². The zero-order valence-corrected chi connectivity index (χ0v) is 13.5. The van der Waals surface area contributed by atoms with E-state index < -0.39 is 10.0 Å². The first-order valence-electron chi connectivity index (χ1n) is 7.70. The molecule has 3 rings (SSSR count). The maximum atomic E-state index is 11.9. The summed E-state index contributed by atoms with van der Waals surface area (Å²) in [4.78, 5) is 0. The monoisotopic (exact) mass is 312 g/mol. The molecule has 0 bridgehead atoms. The first kappa shape index (κ1) is 15.1. The van der Waals surface area contributed by atoms with Crippen molar-refractivity contribution in [2.75, 3.05) is 20.6 Å². The molecule has 0 radical (unpaired) electrons. The molecule has 2 saturated carbocycles. The van der Waals surface area contributed by atoms with E-state index in [2.05, 4.69) is 5.32 Å². The summed E-state index contributed by atoms with van der Waals surface area (Å²) in [6, 6.07) is 3.28. The van der Waals surface area contributed by atoms with E-state index in [4.69, 9.17) is 4.42 Å². The summed E-state index contributed by atoms with van der Waals surface area (Å²) < 4.78 is 30.5. The fraction of sp³-hybridized carbons (Fsp3) is 0.733. The lowest BCUT2D eigenvalue weighted by molar-refractivity contribution is 0.353. The number of sulfonamides is 1. The predicted molar refractivity (Wildman–Crippen MR) is 80.2 cm³/mol. The van der Waals surface area contributed by atoms with Gasteiger partial charge in [0.15, 0.2) is 0 Å². The van der Waals surface area contributed by atoms with E-state index in [1.807, 2.05) is 0 Å². The Labute approximate surface area is 126 Å². The van der Waals surface area contributed by atoms with Crippen LogP contribution in [0.2, 0.25) is 0 Å². The van der Waals surface area contributed by atoms with Gasteiger partial charge in [-0.15, -0.1) is 0 Å². The number of hydrogen-bond acceptors (Lipinski definition) is 4. The molecule has 0 aliphatic heterocycles. The summed E-state index contributed by atoms with van der Waals surface area (Å²) in [5, 5.41) is 3.46. The largest absolute Gasteiger partial charge is 0.447 e. The molecule has 5 nitrogen and oxygen atoms in total. The Bertz CT molecular complexity index is 574. The van der Waals surface area contributed by atoms with Crippen LogP contribution in [0.4, 0.5) is 0 Å². The molecule has 2 fully saturated rings. The molecule has 1 heterocycles. The summed E-state index contributed by atoms with van der Waals surface area (Å²) in [7, 11) is -0.454. The molecular formula is C15H24N2O3S. The molecular weight excluding hydrogens is 288 g/mol. The third-order valence-corrected chi connectivity index (χ3v) is 6.20.